The van der Waals surface area contributed by atoms with Gasteiger partial charge in [0, 0.05) is 0 Å². The summed E-state index contributed by atoms with van der Waals surface area (Å²) in [5, 5.41) is -7.65. The Morgan fingerprint density at radius 2 is 0.697 bits per heavy atom. The molecule has 0 spiro atoms. The summed E-state index contributed by atoms with van der Waals surface area (Å²) in [6.45, 7) is 1.42. The summed E-state index contributed by atoms with van der Waals surface area (Å²) in [7, 11) is -7.51. The Morgan fingerprint density at radius 1 is 0.455 bits per heavy atom. The molecule has 0 unspecified atom stereocenters. The molecule has 3 nitrogen and oxygen atoms in total. The van der Waals surface area contributed by atoms with Crippen LogP contribution in [0.1, 0.15) is 20.8 Å². The summed E-state index contributed by atoms with van der Waals surface area (Å²) in [5.74, 6) is -51.7. The van der Waals surface area contributed by atoms with Gasteiger partial charge in [-0.05, 0) is 20.8 Å². The molecule has 0 aromatic heterocycles. The van der Waals surface area contributed by atoms with Gasteiger partial charge in [0.2, 0.25) is 0 Å². The molecular weight excluding hydrogens is 547 g/mol. The summed E-state index contributed by atoms with van der Waals surface area (Å²) in [4.78, 5) is 0. The molecule has 0 aliphatic heterocycles. The number of rotatable bonds is 8. The van der Waals surface area contributed by atoms with Crippen molar-refractivity contribution in [3.05, 3.63) is 0 Å². The van der Waals surface area contributed by atoms with Crippen LogP contribution < -0.4 is 0 Å². The summed E-state index contributed by atoms with van der Waals surface area (Å²) >= 11 is 0. The minimum Gasteiger partial charge on any atom is -0.260 e. The van der Waals surface area contributed by atoms with Gasteiger partial charge in [0.05, 0.1) is 5.60 Å². The molecule has 0 rings (SSSR count). The van der Waals surface area contributed by atoms with Crippen LogP contribution in [0.4, 0.5) is 74.6 Å². The molecule has 21 heteroatoms. The topological polar surface area (TPSA) is 43.4 Å². The zero-order valence-corrected chi connectivity index (χ0v) is 16.4. The third kappa shape index (κ3) is 4.30. The first-order chi connectivity index (χ1) is 13.7. The van der Waals surface area contributed by atoms with Gasteiger partial charge in [-0.25, -0.2) is 0 Å². The van der Waals surface area contributed by atoms with Crippen molar-refractivity contribution < 1.29 is 87.2 Å². The van der Waals surface area contributed by atoms with E-state index in [1.165, 1.54) is 0 Å². The third-order valence-electron chi connectivity index (χ3n) is 3.37. The zero-order chi connectivity index (χ0) is 27.7. The van der Waals surface area contributed by atoms with E-state index >= 15 is 0 Å². The van der Waals surface area contributed by atoms with Gasteiger partial charge in [0.15, 0.2) is 0 Å². The Labute approximate surface area is 172 Å². The van der Waals surface area contributed by atoms with E-state index in [4.69, 9.17) is 0 Å². The molecule has 0 saturated heterocycles. The fourth-order valence-electron chi connectivity index (χ4n) is 1.69. The molecular formula is C12H9F17O3S. The summed E-state index contributed by atoms with van der Waals surface area (Å²) < 4.78 is 248. The normalized spacial score (nSPS) is 16.8. The molecule has 0 aromatic carbocycles. The van der Waals surface area contributed by atoms with Gasteiger partial charge in [-0.3, -0.25) is 4.18 Å². The Bertz CT molecular complexity index is 834. The minimum absolute atomic E-state index is 0.472. The van der Waals surface area contributed by atoms with E-state index in [-0.39, 0.29) is 0 Å². The van der Waals surface area contributed by atoms with E-state index in [9.17, 15) is 83.1 Å². The van der Waals surface area contributed by atoms with Crippen molar-refractivity contribution in [1.82, 2.24) is 0 Å². The van der Waals surface area contributed by atoms with Crippen molar-refractivity contribution in [1.29, 1.82) is 0 Å². The lowest BCUT2D eigenvalue weighted by atomic mass is 9.91. The maximum atomic E-state index is 13.6. The van der Waals surface area contributed by atoms with Crippen molar-refractivity contribution >= 4 is 10.1 Å². The zero-order valence-electron chi connectivity index (χ0n) is 15.6. The smallest absolute Gasteiger partial charge is 0.260 e. The Kier molecular flexibility index (Phi) is 7.31. The monoisotopic (exact) mass is 556 g/mol. The Morgan fingerprint density at radius 3 is 0.939 bits per heavy atom. The van der Waals surface area contributed by atoms with Crippen LogP contribution in [-0.2, 0) is 14.3 Å². The first kappa shape index (κ1) is 31.7. The lowest BCUT2D eigenvalue weighted by molar-refractivity contribution is -0.458. The molecule has 0 bridgehead atoms. The minimum atomic E-state index is -8.86. The van der Waals surface area contributed by atoms with Crippen LogP contribution in [-0.4, -0.2) is 61.0 Å². The van der Waals surface area contributed by atoms with Gasteiger partial charge in [-0.1, -0.05) is 0 Å². The van der Waals surface area contributed by atoms with E-state index in [0.717, 1.165) is 0 Å². The molecule has 200 valence electrons. The van der Waals surface area contributed by atoms with E-state index in [2.05, 4.69) is 4.18 Å². The molecule has 33 heavy (non-hydrogen) atoms. The molecule has 0 heterocycles. The van der Waals surface area contributed by atoms with Crippen LogP contribution in [0.5, 0.6) is 0 Å². The molecule has 0 aliphatic carbocycles. The molecule has 0 saturated carbocycles. The highest BCUT2D eigenvalue weighted by atomic mass is 32.2. The average molecular weight is 556 g/mol. The van der Waals surface area contributed by atoms with Crippen LogP contribution in [0.15, 0.2) is 0 Å². The van der Waals surface area contributed by atoms with Crippen LogP contribution >= 0.6 is 0 Å². The maximum absolute atomic E-state index is 13.6. The predicted molar refractivity (Wildman–Crippen MR) is 70.4 cm³/mol. The predicted octanol–water partition coefficient (Wildman–Crippen LogP) is 6.10. The quantitative estimate of drug-likeness (QED) is 0.268. The highest BCUT2D eigenvalue weighted by Crippen LogP contribution is 2.64. The standard InChI is InChI=1S/C12H9F17O3S/c1-4(2,3)32-33(30,31)12(28,29)10(23,24)8(19,20)6(15,16)5(13,14)7(17,18)9(21,22)11(25,26)27/h1-3H3. The number of hydrogen-bond acceptors (Lipinski definition) is 3. The largest absolute Gasteiger partial charge is 0.460 e. The fourth-order valence-corrected chi connectivity index (χ4v) is 2.89. The van der Waals surface area contributed by atoms with Crippen molar-refractivity contribution in [2.75, 3.05) is 0 Å². The third-order valence-corrected chi connectivity index (χ3v) is 4.97. The second-order valence-corrected chi connectivity index (χ2v) is 8.70. The highest BCUT2D eigenvalue weighted by molar-refractivity contribution is 7.87. The van der Waals surface area contributed by atoms with Crippen molar-refractivity contribution in [3.8, 4) is 0 Å². The van der Waals surface area contributed by atoms with Crippen molar-refractivity contribution in [2.45, 2.75) is 73.3 Å². The highest BCUT2D eigenvalue weighted by Gasteiger charge is 2.96. The maximum Gasteiger partial charge on any atom is 0.460 e. The summed E-state index contributed by atoms with van der Waals surface area (Å²) in [5.41, 5.74) is -2.51. The molecule has 0 N–H and O–H groups in total. The SMILES string of the molecule is CC(C)(C)OS(=O)(=O)C(F)(F)C(F)(F)C(F)(F)C(F)(F)C(F)(F)C(F)(F)C(F)(F)C(F)(F)F. The van der Waals surface area contributed by atoms with Gasteiger partial charge in [-0.15, -0.1) is 0 Å². The first-order valence-electron chi connectivity index (χ1n) is 7.37. The van der Waals surface area contributed by atoms with Gasteiger partial charge in [0.1, 0.15) is 0 Å². The summed E-state index contributed by atoms with van der Waals surface area (Å²) in [6.07, 6.45) is -7.87. The van der Waals surface area contributed by atoms with E-state index in [0.29, 0.717) is 20.8 Å². The van der Waals surface area contributed by atoms with Crippen LogP contribution in [0.2, 0.25) is 0 Å². The lowest BCUT2D eigenvalue weighted by Gasteiger charge is -2.42. The number of halogens is 17. The van der Waals surface area contributed by atoms with Crippen LogP contribution in [0, 0.1) is 0 Å². The van der Waals surface area contributed by atoms with Gasteiger partial charge >= 0.3 is 57.1 Å². The van der Waals surface area contributed by atoms with Crippen molar-refractivity contribution in [3.63, 3.8) is 0 Å². The lowest BCUT2D eigenvalue weighted by Crippen LogP contribution is -2.75. The fraction of sp³-hybridized carbons (Fsp3) is 1.00. The van der Waals surface area contributed by atoms with Crippen molar-refractivity contribution in [2.24, 2.45) is 0 Å². The van der Waals surface area contributed by atoms with Gasteiger partial charge in [0.25, 0.3) is 0 Å². The molecule has 0 atom stereocenters. The average Bonchev–Trinajstić information content (AvgIpc) is 2.49. The number of alkyl halides is 17. The Hall–Kier alpha value is -1.28. The molecule has 0 aromatic rings. The van der Waals surface area contributed by atoms with Gasteiger partial charge in [-0.2, -0.15) is 83.1 Å². The molecule has 0 radical (unpaired) electrons. The first-order valence-corrected chi connectivity index (χ1v) is 8.78. The molecule has 0 amide bonds. The van der Waals surface area contributed by atoms with Gasteiger partial charge < -0.3 is 0 Å². The van der Waals surface area contributed by atoms with E-state index in [1.54, 1.807) is 0 Å². The second kappa shape index (κ2) is 7.61. The molecule has 0 fully saturated rings. The second-order valence-electron chi connectivity index (χ2n) is 7.11. The van der Waals surface area contributed by atoms with E-state index < -0.39 is 62.7 Å². The van der Waals surface area contributed by atoms with E-state index in [1.807, 2.05) is 0 Å². The number of hydrogen-bond donors (Lipinski definition) is 0. The molecule has 0 aliphatic rings. The van der Waals surface area contributed by atoms with Crippen LogP contribution in [0.25, 0.3) is 0 Å². The van der Waals surface area contributed by atoms with Crippen LogP contribution in [0.3, 0.4) is 0 Å². The Balaban J connectivity index is 6.96. The summed E-state index contributed by atoms with van der Waals surface area (Å²) in [6, 6.07) is 0.